The van der Waals surface area contributed by atoms with Crippen molar-refractivity contribution in [3.05, 3.63) is 30.9 Å². The number of rotatable bonds is 2. The Morgan fingerprint density at radius 1 is 1.50 bits per heavy atom. The largest absolute Gasteiger partial charge is 0.293 e. The molecule has 0 aromatic carbocycles. The topological polar surface area (TPSA) is 30.7 Å². The number of nitrogens with zero attached hydrogens (tertiary/aromatic N) is 3. The van der Waals surface area contributed by atoms with Crippen LogP contribution in [0.15, 0.2) is 25.1 Å². The van der Waals surface area contributed by atoms with E-state index in [1.165, 1.54) is 0 Å². The van der Waals surface area contributed by atoms with E-state index in [-0.39, 0.29) is 0 Å². The van der Waals surface area contributed by atoms with Crippen molar-refractivity contribution < 1.29 is 0 Å². The van der Waals surface area contributed by atoms with Crippen LogP contribution in [0.2, 0.25) is 0 Å². The molecule has 1 rings (SSSR count). The molecule has 0 unspecified atom stereocenters. The van der Waals surface area contributed by atoms with Crippen molar-refractivity contribution >= 4 is 6.20 Å². The van der Waals surface area contributed by atoms with E-state index in [4.69, 9.17) is 0 Å². The molecule has 0 aliphatic rings. The third-order valence-corrected chi connectivity index (χ3v) is 1.13. The van der Waals surface area contributed by atoms with Gasteiger partial charge in [-0.05, 0) is 13.0 Å². The van der Waals surface area contributed by atoms with E-state index >= 15 is 0 Å². The van der Waals surface area contributed by atoms with E-state index in [1.807, 2.05) is 37.6 Å². The van der Waals surface area contributed by atoms with Gasteiger partial charge >= 0.3 is 0 Å². The van der Waals surface area contributed by atoms with Crippen LogP contribution in [0.5, 0.6) is 0 Å². The molecule has 1 heterocycles. The predicted molar refractivity (Wildman–Crippen MR) is 51.6 cm³/mol. The maximum absolute atomic E-state index is 3.80. The molecule has 0 aliphatic carbocycles. The van der Waals surface area contributed by atoms with E-state index < -0.39 is 0 Å². The summed E-state index contributed by atoms with van der Waals surface area (Å²) in [5, 5.41) is 7.50. The minimum absolute atomic E-state index is 0.873. The van der Waals surface area contributed by atoms with Crippen molar-refractivity contribution in [2.75, 3.05) is 0 Å². The van der Waals surface area contributed by atoms with Crippen LogP contribution in [-0.4, -0.2) is 14.8 Å². The first-order chi connectivity index (χ1) is 5.84. The summed E-state index contributed by atoms with van der Waals surface area (Å²) in [5.74, 6) is 0.873. The Kier molecular flexibility index (Phi) is 5.61. The lowest BCUT2D eigenvalue weighted by Gasteiger charge is -1.89. The molecule has 0 radical (unpaired) electrons. The summed E-state index contributed by atoms with van der Waals surface area (Å²) < 4.78 is 1.82. The lowest BCUT2D eigenvalue weighted by molar-refractivity contribution is 1.01. The van der Waals surface area contributed by atoms with Gasteiger partial charge in [0.1, 0.15) is 12.2 Å². The predicted octanol–water partition coefficient (Wildman–Crippen LogP) is 2.27. The van der Waals surface area contributed by atoms with Crippen molar-refractivity contribution in [1.82, 2.24) is 14.8 Å². The minimum atomic E-state index is 0.873. The summed E-state index contributed by atoms with van der Waals surface area (Å²) >= 11 is 0. The zero-order valence-electron chi connectivity index (χ0n) is 7.86. The van der Waals surface area contributed by atoms with Crippen LogP contribution in [0.25, 0.3) is 6.20 Å². The zero-order valence-corrected chi connectivity index (χ0v) is 7.86. The smallest absolute Gasteiger partial charge is 0.133 e. The first kappa shape index (κ1) is 10.6. The lowest BCUT2D eigenvalue weighted by Crippen LogP contribution is -1.86. The summed E-state index contributed by atoms with van der Waals surface area (Å²) in [7, 11) is 0. The summed E-state index contributed by atoms with van der Waals surface area (Å²) in [6.45, 7) is 9.44. The Labute approximate surface area is 73.4 Å². The molecule has 3 heteroatoms. The first-order valence-electron chi connectivity index (χ1n) is 4.00. The van der Waals surface area contributed by atoms with Crippen LogP contribution >= 0.6 is 0 Å². The molecule has 3 nitrogen and oxygen atoms in total. The van der Waals surface area contributed by atoms with Crippen LogP contribution in [0.3, 0.4) is 0 Å². The molecule has 0 bridgehead atoms. The SMILES string of the molecule is C=C/C=C\n1cnnc1C.CC. The maximum Gasteiger partial charge on any atom is 0.133 e. The van der Waals surface area contributed by atoms with Gasteiger partial charge in [0, 0.05) is 6.20 Å². The van der Waals surface area contributed by atoms with Gasteiger partial charge in [0.05, 0.1) is 0 Å². The molecule has 0 fully saturated rings. The van der Waals surface area contributed by atoms with E-state index in [0.29, 0.717) is 0 Å². The molecule has 0 saturated carbocycles. The fourth-order valence-electron chi connectivity index (χ4n) is 0.600. The quantitative estimate of drug-likeness (QED) is 0.629. The molecule has 0 aliphatic heterocycles. The molecule has 1 aromatic heterocycles. The Hall–Kier alpha value is -1.38. The van der Waals surface area contributed by atoms with Gasteiger partial charge < -0.3 is 0 Å². The van der Waals surface area contributed by atoms with Crippen LogP contribution in [0.4, 0.5) is 0 Å². The summed E-state index contributed by atoms with van der Waals surface area (Å²) in [6, 6.07) is 0. The van der Waals surface area contributed by atoms with Gasteiger partial charge in [0.25, 0.3) is 0 Å². The Balaban J connectivity index is 0.000000561. The highest BCUT2D eigenvalue weighted by Crippen LogP contribution is 1.91. The second-order valence-corrected chi connectivity index (χ2v) is 1.86. The fraction of sp³-hybridized carbons (Fsp3) is 0.333. The van der Waals surface area contributed by atoms with Crippen LogP contribution in [0, 0.1) is 6.92 Å². The van der Waals surface area contributed by atoms with Crippen molar-refractivity contribution in [1.29, 1.82) is 0 Å². The Morgan fingerprint density at radius 2 is 2.17 bits per heavy atom. The highest BCUT2D eigenvalue weighted by Gasteiger charge is 1.89. The van der Waals surface area contributed by atoms with Gasteiger partial charge in [-0.3, -0.25) is 4.57 Å². The Morgan fingerprint density at radius 3 is 2.58 bits per heavy atom. The normalized spacial score (nSPS) is 9.25. The number of aromatic nitrogens is 3. The van der Waals surface area contributed by atoms with Crippen LogP contribution in [-0.2, 0) is 0 Å². The fourth-order valence-corrected chi connectivity index (χ4v) is 0.600. The monoisotopic (exact) mass is 165 g/mol. The van der Waals surface area contributed by atoms with Gasteiger partial charge in [-0.25, -0.2) is 0 Å². The Bertz CT molecular complexity index is 248. The van der Waals surface area contributed by atoms with E-state index in [0.717, 1.165) is 5.82 Å². The van der Waals surface area contributed by atoms with Gasteiger partial charge in [0.15, 0.2) is 0 Å². The molecule has 0 atom stereocenters. The standard InChI is InChI=1S/C7H9N3.C2H6/c1-3-4-5-10-6-8-9-7(10)2;1-2/h3-6H,1H2,2H3;1-2H3/b5-4-;. The van der Waals surface area contributed by atoms with E-state index in [2.05, 4.69) is 16.8 Å². The lowest BCUT2D eigenvalue weighted by atomic mass is 10.6. The van der Waals surface area contributed by atoms with Gasteiger partial charge in [-0.2, -0.15) is 0 Å². The maximum atomic E-state index is 3.80. The highest BCUT2D eigenvalue weighted by molar-refractivity contribution is 5.27. The first-order valence-corrected chi connectivity index (χ1v) is 4.00. The number of allylic oxidation sites excluding steroid dienone is 2. The zero-order chi connectivity index (χ0) is 9.40. The summed E-state index contributed by atoms with van der Waals surface area (Å²) in [4.78, 5) is 0. The van der Waals surface area contributed by atoms with Crippen LogP contribution in [0.1, 0.15) is 19.7 Å². The van der Waals surface area contributed by atoms with Crippen molar-refractivity contribution in [3.63, 3.8) is 0 Å². The average Bonchev–Trinajstić information content (AvgIpc) is 2.51. The van der Waals surface area contributed by atoms with Crippen molar-refractivity contribution in [3.8, 4) is 0 Å². The average molecular weight is 165 g/mol. The third-order valence-electron chi connectivity index (χ3n) is 1.13. The molecule has 0 saturated heterocycles. The third kappa shape index (κ3) is 3.14. The van der Waals surface area contributed by atoms with Crippen LogP contribution < -0.4 is 0 Å². The second kappa shape index (κ2) is 6.34. The molecule has 0 N–H and O–H groups in total. The molecule has 12 heavy (non-hydrogen) atoms. The molecular weight excluding hydrogens is 150 g/mol. The number of hydrogen-bond donors (Lipinski definition) is 0. The van der Waals surface area contributed by atoms with Gasteiger partial charge in [-0.1, -0.05) is 26.5 Å². The molecule has 1 aromatic rings. The summed E-state index contributed by atoms with van der Waals surface area (Å²) in [6.07, 6.45) is 7.04. The molecule has 66 valence electrons. The van der Waals surface area contributed by atoms with E-state index in [9.17, 15) is 0 Å². The molecule has 0 spiro atoms. The number of hydrogen-bond acceptors (Lipinski definition) is 2. The van der Waals surface area contributed by atoms with E-state index in [1.54, 1.807) is 12.4 Å². The van der Waals surface area contributed by atoms with Crippen molar-refractivity contribution in [2.45, 2.75) is 20.8 Å². The second-order valence-electron chi connectivity index (χ2n) is 1.86. The van der Waals surface area contributed by atoms with Crippen molar-refractivity contribution in [2.24, 2.45) is 0 Å². The molecule has 0 amide bonds. The van der Waals surface area contributed by atoms with Gasteiger partial charge in [0.2, 0.25) is 0 Å². The van der Waals surface area contributed by atoms with Gasteiger partial charge in [-0.15, -0.1) is 10.2 Å². The number of aryl methyl sites for hydroxylation is 1. The highest BCUT2D eigenvalue weighted by atomic mass is 15.2. The molecular formula is C9H15N3. The summed E-state index contributed by atoms with van der Waals surface area (Å²) in [5.41, 5.74) is 0. The minimum Gasteiger partial charge on any atom is -0.293 e.